The first-order valence-electron chi connectivity index (χ1n) is 7.38. The lowest BCUT2D eigenvalue weighted by molar-refractivity contribution is 0.197. The van der Waals surface area contributed by atoms with Gasteiger partial charge in [0.1, 0.15) is 0 Å². The molecule has 1 unspecified atom stereocenters. The van der Waals surface area contributed by atoms with E-state index in [1.807, 2.05) is 12.1 Å². The molecule has 1 aliphatic heterocycles. The zero-order valence-corrected chi connectivity index (χ0v) is 11.6. The summed E-state index contributed by atoms with van der Waals surface area (Å²) in [6.07, 6.45) is 7.91. The number of anilines is 1. The Morgan fingerprint density at radius 3 is 2.83 bits per heavy atom. The third-order valence-electron chi connectivity index (χ3n) is 4.19. The Morgan fingerprint density at radius 2 is 2.06 bits per heavy atom. The second-order valence-electron chi connectivity index (χ2n) is 5.40. The van der Waals surface area contributed by atoms with Crippen LogP contribution in [-0.2, 0) is 6.42 Å². The third-order valence-corrected chi connectivity index (χ3v) is 4.19. The van der Waals surface area contributed by atoms with Crippen LogP contribution in [0.2, 0.25) is 0 Å². The van der Waals surface area contributed by atoms with Crippen molar-refractivity contribution in [1.29, 1.82) is 0 Å². The monoisotopic (exact) mass is 246 g/mol. The van der Waals surface area contributed by atoms with Gasteiger partial charge in [0.25, 0.3) is 0 Å². The Morgan fingerprint density at radius 1 is 1.22 bits per heavy atom. The van der Waals surface area contributed by atoms with Gasteiger partial charge in [0.05, 0.1) is 0 Å². The summed E-state index contributed by atoms with van der Waals surface area (Å²) in [7, 11) is 0. The predicted octanol–water partition coefficient (Wildman–Crippen LogP) is 3.47. The van der Waals surface area contributed by atoms with Crippen LogP contribution in [0.1, 0.15) is 44.6 Å². The first kappa shape index (κ1) is 13.4. The molecule has 2 nitrogen and oxygen atoms in total. The molecule has 0 aromatic heterocycles. The fourth-order valence-electron chi connectivity index (χ4n) is 3.02. The highest BCUT2D eigenvalue weighted by molar-refractivity contribution is 5.46. The van der Waals surface area contributed by atoms with Crippen LogP contribution in [-0.4, -0.2) is 24.0 Å². The lowest BCUT2D eigenvalue weighted by Crippen LogP contribution is -2.36. The van der Waals surface area contributed by atoms with E-state index in [0.717, 1.165) is 24.7 Å². The second kappa shape index (κ2) is 6.79. The molecular weight excluding hydrogens is 220 g/mol. The zero-order valence-electron chi connectivity index (χ0n) is 11.6. The SMILES string of the molecule is CCC1CCCCCN1CCc1ccccc1N. The molecule has 1 fully saturated rings. The summed E-state index contributed by atoms with van der Waals surface area (Å²) in [5.74, 6) is 0. The molecule has 2 rings (SSSR count). The van der Waals surface area contributed by atoms with Crippen molar-refractivity contribution in [2.24, 2.45) is 0 Å². The Labute approximate surface area is 111 Å². The molecule has 0 spiro atoms. The summed E-state index contributed by atoms with van der Waals surface area (Å²) >= 11 is 0. The summed E-state index contributed by atoms with van der Waals surface area (Å²) in [5, 5.41) is 0. The van der Waals surface area contributed by atoms with Gasteiger partial charge in [0.2, 0.25) is 0 Å². The normalized spacial score (nSPS) is 21.7. The molecule has 1 atom stereocenters. The molecule has 0 saturated carbocycles. The zero-order chi connectivity index (χ0) is 12.8. The molecule has 0 aliphatic carbocycles. The van der Waals surface area contributed by atoms with Crippen LogP contribution in [0.4, 0.5) is 5.69 Å². The van der Waals surface area contributed by atoms with Crippen LogP contribution < -0.4 is 5.73 Å². The first-order chi connectivity index (χ1) is 8.81. The number of hydrogen-bond donors (Lipinski definition) is 1. The molecule has 0 radical (unpaired) electrons. The maximum Gasteiger partial charge on any atom is 0.0347 e. The highest BCUT2D eigenvalue weighted by Crippen LogP contribution is 2.20. The standard InChI is InChI=1S/C16H26N2/c1-2-15-9-4-3-7-12-18(15)13-11-14-8-5-6-10-16(14)17/h5-6,8,10,15H,2-4,7,9,11-13,17H2,1H3. The third kappa shape index (κ3) is 3.49. The smallest absolute Gasteiger partial charge is 0.0347 e. The minimum Gasteiger partial charge on any atom is -0.399 e. The molecule has 1 aromatic rings. The van der Waals surface area contributed by atoms with Gasteiger partial charge in [-0.05, 0) is 43.9 Å². The van der Waals surface area contributed by atoms with E-state index in [0.29, 0.717) is 0 Å². The molecule has 2 N–H and O–H groups in total. The summed E-state index contributed by atoms with van der Waals surface area (Å²) in [5.41, 5.74) is 8.26. The number of nitrogen functional groups attached to an aromatic ring is 1. The molecule has 2 heteroatoms. The van der Waals surface area contributed by atoms with Crippen molar-refractivity contribution in [2.45, 2.75) is 51.5 Å². The molecular formula is C16H26N2. The van der Waals surface area contributed by atoms with Crippen LogP contribution in [0.25, 0.3) is 0 Å². The van der Waals surface area contributed by atoms with E-state index in [-0.39, 0.29) is 0 Å². The fraction of sp³-hybridized carbons (Fsp3) is 0.625. The minimum absolute atomic E-state index is 0.789. The van der Waals surface area contributed by atoms with E-state index in [4.69, 9.17) is 5.73 Å². The van der Waals surface area contributed by atoms with Crippen LogP contribution in [0.3, 0.4) is 0 Å². The molecule has 1 aromatic carbocycles. The Bertz CT molecular complexity index is 362. The van der Waals surface area contributed by atoms with Gasteiger partial charge >= 0.3 is 0 Å². The van der Waals surface area contributed by atoms with Crippen LogP contribution >= 0.6 is 0 Å². The van der Waals surface area contributed by atoms with Crippen molar-refractivity contribution in [3.63, 3.8) is 0 Å². The lowest BCUT2D eigenvalue weighted by Gasteiger charge is -2.29. The second-order valence-corrected chi connectivity index (χ2v) is 5.40. The average Bonchev–Trinajstić information content (AvgIpc) is 2.62. The van der Waals surface area contributed by atoms with Gasteiger partial charge in [-0.2, -0.15) is 0 Å². The molecule has 1 saturated heterocycles. The molecule has 0 amide bonds. The van der Waals surface area contributed by atoms with Crippen LogP contribution in [0, 0.1) is 0 Å². The Hall–Kier alpha value is -1.02. The van der Waals surface area contributed by atoms with Crippen molar-refractivity contribution in [2.75, 3.05) is 18.8 Å². The first-order valence-corrected chi connectivity index (χ1v) is 7.38. The summed E-state index contributed by atoms with van der Waals surface area (Å²) in [4.78, 5) is 2.68. The number of nitrogens with two attached hydrogens (primary N) is 1. The topological polar surface area (TPSA) is 29.3 Å². The fourth-order valence-corrected chi connectivity index (χ4v) is 3.02. The molecule has 100 valence electrons. The number of nitrogens with zero attached hydrogens (tertiary/aromatic N) is 1. The van der Waals surface area contributed by atoms with Gasteiger partial charge < -0.3 is 10.6 Å². The predicted molar refractivity (Wildman–Crippen MR) is 78.7 cm³/mol. The lowest BCUT2D eigenvalue weighted by atomic mass is 10.1. The maximum absolute atomic E-state index is 6.02. The highest BCUT2D eigenvalue weighted by atomic mass is 15.1. The number of rotatable bonds is 4. The summed E-state index contributed by atoms with van der Waals surface area (Å²) < 4.78 is 0. The van der Waals surface area contributed by atoms with Crippen molar-refractivity contribution in [1.82, 2.24) is 4.90 Å². The van der Waals surface area contributed by atoms with E-state index >= 15 is 0 Å². The van der Waals surface area contributed by atoms with Gasteiger partial charge in [-0.3, -0.25) is 0 Å². The van der Waals surface area contributed by atoms with Gasteiger partial charge in [0.15, 0.2) is 0 Å². The average molecular weight is 246 g/mol. The van der Waals surface area contributed by atoms with Crippen molar-refractivity contribution < 1.29 is 0 Å². The maximum atomic E-state index is 6.02. The van der Waals surface area contributed by atoms with Crippen LogP contribution in [0.15, 0.2) is 24.3 Å². The van der Waals surface area contributed by atoms with E-state index < -0.39 is 0 Å². The van der Waals surface area contributed by atoms with Gasteiger partial charge in [-0.25, -0.2) is 0 Å². The highest BCUT2D eigenvalue weighted by Gasteiger charge is 2.18. The van der Waals surface area contributed by atoms with Gasteiger partial charge in [-0.1, -0.05) is 38.0 Å². The number of benzene rings is 1. The molecule has 0 bridgehead atoms. The summed E-state index contributed by atoms with van der Waals surface area (Å²) in [6.45, 7) is 4.75. The van der Waals surface area contributed by atoms with E-state index in [1.165, 1.54) is 44.2 Å². The van der Waals surface area contributed by atoms with E-state index in [9.17, 15) is 0 Å². The largest absolute Gasteiger partial charge is 0.399 e. The number of hydrogen-bond acceptors (Lipinski definition) is 2. The Balaban J connectivity index is 1.93. The van der Waals surface area contributed by atoms with Crippen molar-refractivity contribution >= 4 is 5.69 Å². The molecule has 18 heavy (non-hydrogen) atoms. The Kier molecular flexibility index (Phi) is 5.06. The van der Waals surface area contributed by atoms with Crippen LogP contribution in [0.5, 0.6) is 0 Å². The van der Waals surface area contributed by atoms with Crippen molar-refractivity contribution in [3.8, 4) is 0 Å². The van der Waals surface area contributed by atoms with Gasteiger partial charge in [0, 0.05) is 18.3 Å². The van der Waals surface area contributed by atoms with Crippen molar-refractivity contribution in [3.05, 3.63) is 29.8 Å². The van der Waals surface area contributed by atoms with E-state index in [2.05, 4.69) is 24.0 Å². The molecule has 1 aliphatic rings. The quantitative estimate of drug-likeness (QED) is 0.824. The minimum atomic E-state index is 0.789. The summed E-state index contributed by atoms with van der Waals surface area (Å²) in [6, 6.07) is 9.06. The molecule has 1 heterocycles. The van der Waals surface area contributed by atoms with Gasteiger partial charge in [-0.15, -0.1) is 0 Å². The number of likely N-dealkylation sites (tertiary alicyclic amines) is 1. The van der Waals surface area contributed by atoms with E-state index in [1.54, 1.807) is 0 Å². The number of para-hydroxylation sites is 1.